The fourth-order valence-corrected chi connectivity index (χ4v) is 3.46. The van der Waals surface area contributed by atoms with Crippen molar-refractivity contribution in [3.63, 3.8) is 0 Å². The number of carbonyl (C=O) groups excluding carboxylic acids is 2. The van der Waals surface area contributed by atoms with Crippen molar-refractivity contribution in [1.29, 1.82) is 0 Å². The first-order valence-corrected chi connectivity index (χ1v) is 8.53. The highest BCUT2D eigenvalue weighted by Gasteiger charge is 2.32. The third kappa shape index (κ3) is 4.12. The minimum absolute atomic E-state index is 0.0137. The Labute approximate surface area is 141 Å². The predicted molar refractivity (Wildman–Crippen MR) is 87.0 cm³/mol. The monoisotopic (exact) mass is 335 g/mol. The van der Waals surface area contributed by atoms with Gasteiger partial charge in [-0.15, -0.1) is 0 Å². The SMILES string of the molecule is NC(=O)[C@H]1CCCCN1C(=O)CN1CCO[C@@H](Cn2cccn2)C1. The molecule has 0 bridgehead atoms. The fourth-order valence-electron chi connectivity index (χ4n) is 3.46. The Kier molecular flexibility index (Phi) is 5.47. The van der Waals surface area contributed by atoms with Crippen LogP contribution in [0.2, 0.25) is 0 Å². The summed E-state index contributed by atoms with van der Waals surface area (Å²) in [4.78, 5) is 27.9. The van der Waals surface area contributed by atoms with Gasteiger partial charge in [0.1, 0.15) is 6.04 Å². The number of ether oxygens (including phenoxy) is 1. The summed E-state index contributed by atoms with van der Waals surface area (Å²) in [6, 6.07) is 1.43. The van der Waals surface area contributed by atoms with Gasteiger partial charge < -0.3 is 15.4 Å². The van der Waals surface area contributed by atoms with Gasteiger partial charge in [0.05, 0.1) is 25.8 Å². The molecule has 1 aromatic heterocycles. The summed E-state index contributed by atoms with van der Waals surface area (Å²) in [6.45, 7) is 3.59. The molecule has 0 spiro atoms. The first-order valence-electron chi connectivity index (χ1n) is 8.53. The van der Waals surface area contributed by atoms with Crippen molar-refractivity contribution < 1.29 is 14.3 Å². The van der Waals surface area contributed by atoms with Gasteiger partial charge in [0, 0.05) is 32.0 Å². The second kappa shape index (κ2) is 7.76. The van der Waals surface area contributed by atoms with E-state index in [1.807, 2.05) is 16.9 Å². The average molecular weight is 335 g/mol. The van der Waals surface area contributed by atoms with E-state index < -0.39 is 11.9 Å². The molecule has 0 radical (unpaired) electrons. The Balaban J connectivity index is 1.54. The summed E-state index contributed by atoms with van der Waals surface area (Å²) in [5.41, 5.74) is 5.45. The molecule has 132 valence electrons. The zero-order valence-corrected chi connectivity index (χ0v) is 13.8. The molecule has 24 heavy (non-hydrogen) atoms. The standard InChI is InChI=1S/C16H25N5O3/c17-16(23)14-4-1-2-7-21(14)15(22)12-19-8-9-24-13(10-19)11-20-6-3-5-18-20/h3,5-6,13-14H,1-2,4,7-12H2,(H2,17,23)/t13-,14-/m1/s1. The maximum absolute atomic E-state index is 12.6. The van der Waals surface area contributed by atoms with E-state index in [2.05, 4.69) is 10.00 Å². The van der Waals surface area contributed by atoms with Crippen LogP contribution in [-0.4, -0.2) is 76.3 Å². The van der Waals surface area contributed by atoms with Crippen LogP contribution in [0.1, 0.15) is 19.3 Å². The van der Waals surface area contributed by atoms with E-state index in [1.54, 1.807) is 11.1 Å². The van der Waals surface area contributed by atoms with Gasteiger partial charge in [-0.3, -0.25) is 19.2 Å². The molecular weight excluding hydrogens is 310 g/mol. The zero-order chi connectivity index (χ0) is 16.9. The van der Waals surface area contributed by atoms with Gasteiger partial charge in [0.2, 0.25) is 11.8 Å². The lowest BCUT2D eigenvalue weighted by molar-refractivity contribution is -0.143. The topological polar surface area (TPSA) is 93.7 Å². The van der Waals surface area contributed by atoms with Crippen LogP contribution in [-0.2, 0) is 20.9 Å². The van der Waals surface area contributed by atoms with Crippen LogP contribution in [0.3, 0.4) is 0 Å². The third-order valence-electron chi connectivity index (χ3n) is 4.68. The molecule has 0 aromatic carbocycles. The highest BCUT2D eigenvalue weighted by atomic mass is 16.5. The largest absolute Gasteiger partial charge is 0.374 e. The Morgan fingerprint density at radius 2 is 2.17 bits per heavy atom. The molecule has 2 N–H and O–H groups in total. The van der Waals surface area contributed by atoms with E-state index in [1.165, 1.54) is 0 Å². The van der Waals surface area contributed by atoms with E-state index in [0.29, 0.717) is 39.2 Å². The Morgan fingerprint density at radius 1 is 1.29 bits per heavy atom. The van der Waals surface area contributed by atoms with E-state index in [9.17, 15) is 9.59 Å². The van der Waals surface area contributed by atoms with Crippen LogP contribution in [0.25, 0.3) is 0 Å². The number of primary amides is 1. The van der Waals surface area contributed by atoms with E-state index in [0.717, 1.165) is 19.4 Å². The fraction of sp³-hybridized carbons (Fsp3) is 0.688. The van der Waals surface area contributed by atoms with Gasteiger partial charge in [0.25, 0.3) is 0 Å². The molecule has 2 fully saturated rings. The molecule has 2 aliphatic rings. The smallest absolute Gasteiger partial charge is 0.240 e. The minimum atomic E-state index is -0.452. The van der Waals surface area contributed by atoms with Crippen molar-refractivity contribution in [3.8, 4) is 0 Å². The van der Waals surface area contributed by atoms with Gasteiger partial charge in [-0.1, -0.05) is 0 Å². The molecule has 1 aromatic rings. The molecule has 2 atom stereocenters. The van der Waals surface area contributed by atoms with Gasteiger partial charge >= 0.3 is 0 Å². The van der Waals surface area contributed by atoms with Crippen molar-refractivity contribution in [2.24, 2.45) is 5.73 Å². The third-order valence-corrected chi connectivity index (χ3v) is 4.68. The highest BCUT2D eigenvalue weighted by molar-refractivity contribution is 5.87. The number of nitrogens with zero attached hydrogens (tertiary/aromatic N) is 4. The van der Waals surface area contributed by atoms with Crippen molar-refractivity contribution in [1.82, 2.24) is 19.6 Å². The number of amides is 2. The number of aromatic nitrogens is 2. The number of rotatable bonds is 5. The van der Waals surface area contributed by atoms with Crippen LogP contribution in [0.5, 0.6) is 0 Å². The predicted octanol–water partition coefficient (Wildman–Crippen LogP) is -0.550. The summed E-state index contributed by atoms with van der Waals surface area (Å²) in [5, 5.41) is 4.19. The van der Waals surface area contributed by atoms with Gasteiger partial charge in [-0.25, -0.2) is 0 Å². The normalized spacial score (nSPS) is 25.6. The van der Waals surface area contributed by atoms with Crippen molar-refractivity contribution in [2.45, 2.75) is 38.0 Å². The summed E-state index contributed by atoms with van der Waals surface area (Å²) >= 11 is 0. The Hall–Kier alpha value is -1.93. The number of nitrogens with two attached hydrogens (primary N) is 1. The molecule has 2 aliphatic heterocycles. The second-order valence-electron chi connectivity index (χ2n) is 6.46. The van der Waals surface area contributed by atoms with Crippen LogP contribution < -0.4 is 5.73 Å². The molecule has 0 unspecified atom stereocenters. The molecule has 3 rings (SSSR count). The lowest BCUT2D eigenvalue weighted by atomic mass is 10.0. The quantitative estimate of drug-likeness (QED) is 0.779. The van der Waals surface area contributed by atoms with Crippen molar-refractivity contribution in [3.05, 3.63) is 18.5 Å². The maximum Gasteiger partial charge on any atom is 0.240 e. The summed E-state index contributed by atoms with van der Waals surface area (Å²) in [5.74, 6) is -0.417. The second-order valence-corrected chi connectivity index (χ2v) is 6.46. The number of morpholine rings is 1. The minimum Gasteiger partial charge on any atom is -0.374 e. The van der Waals surface area contributed by atoms with Crippen molar-refractivity contribution >= 4 is 11.8 Å². The van der Waals surface area contributed by atoms with E-state index >= 15 is 0 Å². The number of likely N-dealkylation sites (tertiary alicyclic amines) is 1. The Morgan fingerprint density at radius 3 is 2.92 bits per heavy atom. The van der Waals surface area contributed by atoms with E-state index in [4.69, 9.17) is 10.5 Å². The van der Waals surface area contributed by atoms with Gasteiger partial charge in [-0.05, 0) is 25.3 Å². The molecule has 0 aliphatic carbocycles. The highest BCUT2D eigenvalue weighted by Crippen LogP contribution is 2.17. The number of carbonyl (C=O) groups is 2. The Bertz CT molecular complexity index is 562. The first kappa shape index (κ1) is 16.9. The first-order chi connectivity index (χ1) is 11.6. The lowest BCUT2D eigenvalue weighted by Crippen LogP contribution is -2.55. The van der Waals surface area contributed by atoms with Crippen LogP contribution in [0.4, 0.5) is 0 Å². The van der Waals surface area contributed by atoms with Gasteiger partial charge in [0.15, 0.2) is 0 Å². The average Bonchev–Trinajstić information content (AvgIpc) is 3.08. The number of piperidine rings is 1. The molecule has 0 saturated carbocycles. The summed E-state index contributed by atoms with van der Waals surface area (Å²) in [6.07, 6.45) is 6.20. The molecule has 3 heterocycles. The van der Waals surface area contributed by atoms with Crippen LogP contribution in [0.15, 0.2) is 18.5 Å². The summed E-state index contributed by atoms with van der Waals surface area (Å²) in [7, 11) is 0. The molecule has 2 amide bonds. The van der Waals surface area contributed by atoms with Crippen molar-refractivity contribution in [2.75, 3.05) is 32.8 Å². The summed E-state index contributed by atoms with van der Waals surface area (Å²) < 4.78 is 7.60. The zero-order valence-electron chi connectivity index (χ0n) is 13.8. The van der Waals surface area contributed by atoms with E-state index in [-0.39, 0.29) is 12.0 Å². The number of hydrogen-bond acceptors (Lipinski definition) is 5. The van der Waals surface area contributed by atoms with Gasteiger partial charge in [-0.2, -0.15) is 5.10 Å². The molecule has 8 heteroatoms. The molecule has 2 saturated heterocycles. The van der Waals surface area contributed by atoms with Crippen LogP contribution >= 0.6 is 0 Å². The number of hydrogen-bond donors (Lipinski definition) is 1. The molecule has 8 nitrogen and oxygen atoms in total. The molecular formula is C16H25N5O3. The lowest BCUT2D eigenvalue weighted by Gasteiger charge is -2.37. The van der Waals surface area contributed by atoms with Crippen LogP contribution in [0, 0.1) is 0 Å². The maximum atomic E-state index is 12.6.